The van der Waals surface area contributed by atoms with Gasteiger partial charge < -0.3 is 10.3 Å². The maximum absolute atomic E-state index is 4.70. The van der Waals surface area contributed by atoms with Crippen molar-refractivity contribution in [1.29, 1.82) is 0 Å². The molecule has 3 nitrogen and oxygen atoms in total. The topological polar surface area (TPSA) is 40.7 Å². The summed E-state index contributed by atoms with van der Waals surface area (Å²) in [5.74, 6) is 0.935. The Morgan fingerprint density at radius 2 is 2.05 bits per heavy atom. The van der Waals surface area contributed by atoms with Gasteiger partial charge in [-0.1, -0.05) is 40.2 Å². The molecule has 0 spiro atoms. The largest absolute Gasteiger partial charge is 0.338 e. The molecule has 0 unspecified atom stereocenters. The lowest BCUT2D eigenvalue weighted by atomic mass is 10.0. The zero-order valence-corrected chi connectivity index (χ0v) is 12.9. The Kier molecular flexibility index (Phi) is 3.85. The molecule has 0 bridgehead atoms. The van der Waals surface area contributed by atoms with Gasteiger partial charge in [-0.15, -0.1) is 0 Å². The maximum Gasteiger partial charge on any atom is 0.138 e. The lowest BCUT2D eigenvalue weighted by molar-refractivity contribution is 0.792. The molecule has 1 aromatic heterocycles. The predicted molar refractivity (Wildman–Crippen MR) is 86.9 cm³/mol. The van der Waals surface area contributed by atoms with Crippen LogP contribution in [0, 0.1) is 0 Å². The Bertz CT molecular complexity index is 733. The summed E-state index contributed by atoms with van der Waals surface area (Å²) in [4.78, 5) is 8.10. The Morgan fingerprint density at radius 1 is 1.20 bits per heavy atom. The number of rotatable bonds is 4. The Morgan fingerprint density at radius 3 is 2.90 bits per heavy atom. The van der Waals surface area contributed by atoms with E-state index in [9.17, 15) is 0 Å². The predicted octanol–water partition coefficient (Wildman–Crippen LogP) is 3.75. The van der Waals surface area contributed by atoms with Crippen LogP contribution < -0.4 is 5.32 Å². The number of H-pyrrole nitrogens is 1. The van der Waals surface area contributed by atoms with Crippen molar-refractivity contribution in [3.63, 3.8) is 0 Å². The number of hydrogen-bond donors (Lipinski definition) is 2. The number of fused-ring (bicyclic) bond motifs is 1. The van der Waals surface area contributed by atoms with E-state index in [0.29, 0.717) is 0 Å². The van der Waals surface area contributed by atoms with E-state index in [2.05, 4.69) is 56.6 Å². The molecule has 4 heteroatoms. The molecule has 0 saturated heterocycles. The highest BCUT2D eigenvalue weighted by Gasteiger charge is 2.09. The van der Waals surface area contributed by atoms with E-state index < -0.39 is 0 Å². The van der Waals surface area contributed by atoms with Crippen LogP contribution in [0.2, 0.25) is 0 Å². The fraction of sp³-hybridized carbons (Fsp3) is 0.188. The SMILES string of the molecule is CNCCc1ccccc1-c1nc2ccc(Br)cc2[nH]1. The lowest BCUT2D eigenvalue weighted by Crippen LogP contribution is -2.10. The van der Waals surface area contributed by atoms with Crippen molar-refractivity contribution in [2.75, 3.05) is 13.6 Å². The summed E-state index contributed by atoms with van der Waals surface area (Å²) in [5.41, 5.74) is 4.53. The van der Waals surface area contributed by atoms with Crippen molar-refractivity contribution in [2.24, 2.45) is 0 Å². The van der Waals surface area contributed by atoms with Crippen molar-refractivity contribution in [1.82, 2.24) is 15.3 Å². The van der Waals surface area contributed by atoms with Gasteiger partial charge in [-0.25, -0.2) is 4.98 Å². The van der Waals surface area contributed by atoms with Crippen LogP contribution in [0.4, 0.5) is 0 Å². The van der Waals surface area contributed by atoms with Crippen LogP contribution in [0.25, 0.3) is 22.4 Å². The van der Waals surface area contributed by atoms with E-state index in [1.54, 1.807) is 0 Å². The minimum Gasteiger partial charge on any atom is -0.338 e. The molecule has 0 saturated carbocycles. The molecule has 2 aromatic carbocycles. The summed E-state index contributed by atoms with van der Waals surface area (Å²) in [6.45, 7) is 0.961. The van der Waals surface area contributed by atoms with Crippen LogP contribution in [0.5, 0.6) is 0 Å². The number of imidazole rings is 1. The summed E-state index contributed by atoms with van der Waals surface area (Å²) in [5, 5.41) is 3.19. The fourth-order valence-electron chi connectivity index (χ4n) is 2.34. The maximum atomic E-state index is 4.70. The summed E-state index contributed by atoms with van der Waals surface area (Å²) in [7, 11) is 1.97. The second-order valence-electron chi connectivity index (χ2n) is 4.76. The van der Waals surface area contributed by atoms with Crippen LogP contribution in [-0.2, 0) is 6.42 Å². The molecule has 3 aromatic rings. The third kappa shape index (κ3) is 2.62. The first-order chi connectivity index (χ1) is 9.78. The van der Waals surface area contributed by atoms with Crippen molar-refractivity contribution in [3.8, 4) is 11.4 Å². The molecule has 0 aliphatic heterocycles. The highest BCUT2D eigenvalue weighted by Crippen LogP contribution is 2.25. The number of nitrogens with zero attached hydrogens (tertiary/aromatic N) is 1. The molecule has 0 atom stereocenters. The van der Waals surface area contributed by atoms with Crippen LogP contribution in [0.3, 0.4) is 0 Å². The highest BCUT2D eigenvalue weighted by molar-refractivity contribution is 9.10. The number of aromatic nitrogens is 2. The first-order valence-corrected chi connectivity index (χ1v) is 7.45. The van der Waals surface area contributed by atoms with E-state index in [-0.39, 0.29) is 0 Å². The van der Waals surface area contributed by atoms with Crippen molar-refractivity contribution >= 4 is 27.0 Å². The molecule has 0 aliphatic rings. The monoisotopic (exact) mass is 329 g/mol. The van der Waals surface area contributed by atoms with Gasteiger partial charge in [-0.05, 0) is 43.8 Å². The molecule has 0 amide bonds. The third-order valence-electron chi connectivity index (χ3n) is 3.36. The van der Waals surface area contributed by atoms with E-state index in [0.717, 1.165) is 34.3 Å². The summed E-state index contributed by atoms with van der Waals surface area (Å²) < 4.78 is 1.06. The van der Waals surface area contributed by atoms with Crippen molar-refractivity contribution < 1.29 is 0 Å². The minimum atomic E-state index is 0.935. The average molecular weight is 330 g/mol. The molecule has 20 heavy (non-hydrogen) atoms. The molecule has 0 fully saturated rings. The second kappa shape index (κ2) is 5.77. The number of likely N-dealkylation sites (N-methyl/N-ethyl adjacent to an activating group) is 1. The zero-order chi connectivity index (χ0) is 13.9. The molecular formula is C16H16BrN3. The third-order valence-corrected chi connectivity index (χ3v) is 3.85. The van der Waals surface area contributed by atoms with E-state index >= 15 is 0 Å². The van der Waals surface area contributed by atoms with Crippen LogP contribution in [0.15, 0.2) is 46.9 Å². The standard InChI is InChI=1S/C16H16BrN3/c1-18-9-8-11-4-2-3-5-13(11)16-19-14-7-6-12(17)10-15(14)20-16/h2-7,10,18H,8-9H2,1H3,(H,19,20). The first kappa shape index (κ1) is 13.3. The van der Waals surface area contributed by atoms with Gasteiger partial charge in [0, 0.05) is 10.0 Å². The molecule has 1 heterocycles. The van der Waals surface area contributed by atoms with Crippen LogP contribution in [-0.4, -0.2) is 23.6 Å². The number of benzene rings is 2. The van der Waals surface area contributed by atoms with Crippen LogP contribution in [0.1, 0.15) is 5.56 Å². The smallest absolute Gasteiger partial charge is 0.138 e. The number of aromatic amines is 1. The van der Waals surface area contributed by atoms with Gasteiger partial charge in [0.25, 0.3) is 0 Å². The minimum absolute atomic E-state index is 0.935. The molecule has 2 N–H and O–H groups in total. The lowest BCUT2D eigenvalue weighted by Gasteiger charge is -2.06. The average Bonchev–Trinajstić information content (AvgIpc) is 2.88. The molecule has 102 valence electrons. The summed E-state index contributed by atoms with van der Waals surface area (Å²) in [6.07, 6.45) is 0.993. The Balaban J connectivity index is 2.06. The van der Waals surface area contributed by atoms with Gasteiger partial charge in [0.2, 0.25) is 0 Å². The zero-order valence-electron chi connectivity index (χ0n) is 11.3. The number of hydrogen-bond acceptors (Lipinski definition) is 2. The van der Waals surface area contributed by atoms with Gasteiger partial charge in [0.05, 0.1) is 11.0 Å². The molecule has 0 aliphatic carbocycles. The van der Waals surface area contributed by atoms with Gasteiger partial charge in [0.15, 0.2) is 0 Å². The normalized spacial score (nSPS) is 11.1. The number of nitrogens with one attached hydrogen (secondary N) is 2. The van der Waals surface area contributed by atoms with E-state index in [4.69, 9.17) is 4.98 Å². The van der Waals surface area contributed by atoms with E-state index in [1.165, 1.54) is 11.1 Å². The number of halogens is 1. The van der Waals surface area contributed by atoms with Gasteiger partial charge in [-0.2, -0.15) is 0 Å². The second-order valence-corrected chi connectivity index (χ2v) is 5.67. The van der Waals surface area contributed by atoms with Crippen molar-refractivity contribution in [3.05, 3.63) is 52.5 Å². The summed E-state index contributed by atoms with van der Waals surface area (Å²) in [6, 6.07) is 14.5. The molecule has 0 radical (unpaired) electrons. The Labute approximate surface area is 126 Å². The first-order valence-electron chi connectivity index (χ1n) is 6.66. The quantitative estimate of drug-likeness (QED) is 0.765. The van der Waals surface area contributed by atoms with Crippen LogP contribution >= 0.6 is 15.9 Å². The highest BCUT2D eigenvalue weighted by atomic mass is 79.9. The molecular weight excluding hydrogens is 314 g/mol. The summed E-state index contributed by atoms with van der Waals surface area (Å²) >= 11 is 3.49. The van der Waals surface area contributed by atoms with Crippen molar-refractivity contribution in [2.45, 2.75) is 6.42 Å². The fourth-order valence-corrected chi connectivity index (χ4v) is 2.70. The molecule has 3 rings (SSSR count). The van der Waals surface area contributed by atoms with Gasteiger partial charge in [-0.3, -0.25) is 0 Å². The van der Waals surface area contributed by atoms with Gasteiger partial charge >= 0.3 is 0 Å². The Hall–Kier alpha value is -1.65. The van der Waals surface area contributed by atoms with E-state index in [1.807, 2.05) is 19.2 Å². The van der Waals surface area contributed by atoms with Gasteiger partial charge in [0.1, 0.15) is 5.82 Å².